The number of nitrogens with zero attached hydrogens (tertiary/aromatic N) is 7. The highest BCUT2D eigenvalue weighted by molar-refractivity contribution is 7.97. The molecular weight excluding hydrogens is 903 g/mol. The molecule has 6 aromatic rings. The molecule has 1 aliphatic carbocycles. The van der Waals surface area contributed by atoms with Crippen molar-refractivity contribution in [2.24, 2.45) is 16.0 Å². The van der Waals surface area contributed by atoms with E-state index >= 15 is 8.78 Å². The van der Waals surface area contributed by atoms with Gasteiger partial charge in [0.15, 0.2) is 0 Å². The maximum Gasteiger partial charge on any atom is 0.390 e. The molecule has 0 saturated carbocycles. The van der Waals surface area contributed by atoms with Crippen LogP contribution in [0, 0.1) is 17.6 Å². The van der Waals surface area contributed by atoms with Crippen LogP contribution in [0.15, 0.2) is 70.0 Å². The van der Waals surface area contributed by atoms with Gasteiger partial charge in [0, 0.05) is 55.6 Å². The summed E-state index contributed by atoms with van der Waals surface area (Å²) >= 11 is 7.62. The van der Waals surface area contributed by atoms with Gasteiger partial charge >= 0.3 is 6.18 Å². The summed E-state index contributed by atoms with van der Waals surface area (Å²) in [5.74, 6) is -8.50. The van der Waals surface area contributed by atoms with Gasteiger partial charge in [-0.3, -0.25) is 23.5 Å². The minimum Gasteiger partial charge on any atom is -0.386 e. The van der Waals surface area contributed by atoms with E-state index in [1.54, 1.807) is 6.26 Å². The SMILES string of the molecule is CNc1c(-n2c(C(Cc3cc(F)cc(F)c3)NC(=O)Cn3nc(C(F)F)c4c3C(F)(F)[C@@H](C)C4)nc3cc(-c4ccn(CCC(F)(F)F)n4)ccc3c2=O)ccc(Cl)c1C(N)=NSC. The molecule has 3 aromatic carbocycles. The molecule has 1 unspecified atom stereocenters. The maximum atomic E-state index is 15.5. The van der Waals surface area contributed by atoms with Crippen LogP contribution in [0.1, 0.15) is 59.7 Å². The molecule has 7 rings (SSSR count). The van der Waals surface area contributed by atoms with Crippen LogP contribution in [0.4, 0.5) is 45.2 Å². The van der Waals surface area contributed by atoms with E-state index in [2.05, 4.69) is 25.2 Å². The number of fused-ring (bicyclic) bond motifs is 2. The van der Waals surface area contributed by atoms with Crippen molar-refractivity contribution in [2.45, 2.75) is 63.8 Å². The largest absolute Gasteiger partial charge is 0.390 e. The number of nitrogens with one attached hydrogen (secondary N) is 2. The zero-order valence-electron chi connectivity index (χ0n) is 33.8. The van der Waals surface area contributed by atoms with E-state index in [1.165, 1.54) is 56.6 Å². The minimum absolute atomic E-state index is 0.0295. The second-order valence-corrected chi connectivity index (χ2v) is 15.9. The summed E-state index contributed by atoms with van der Waals surface area (Å²) < 4.78 is 134. The van der Waals surface area contributed by atoms with E-state index in [1.807, 2.05) is 0 Å². The first-order valence-electron chi connectivity index (χ1n) is 19.3. The Morgan fingerprint density at radius 2 is 1.80 bits per heavy atom. The normalized spacial score (nSPS) is 15.5. The van der Waals surface area contributed by atoms with E-state index < -0.39 is 97.3 Å². The Hall–Kier alpha value is -6.03. The van der Waals surface area contributed by atoms with Crippen molar-refractivity contribution in [3.8, 4) is 16.9 Å². The fraction of sp³-hybridized carbons (Fsp3) is 0.317. The number of amidine groups is 1. The van der Waals surface area contributed by atoms with Gasteiger partial charge in [-0.25, -0.2) is 22.5 Å². The van der Waals surface area contributed by atoms with E-state index in [0.29, 0.717) is 16.3 Å². The molecule has 0 spiro atoms. The Morgan fingerprint density at radius 1 is 1.08 bits per heavy atom. The molecule has 2 atom stereocenters. The number of nitrogens with two attached hydrogens (primary N) is 1. The number of carbonyl (C=O) groups is 1. The number of carbonyl (C=O) groups excluding carboxylic acids is 1. The van der Waals surface area contributed by atoms with Crippen LogP contribution in [0.5, 0.6) is 0 Å². The fourth-order valence-corrected chi connectivity index (χ4v) is 8.25. The van der Waals surface area contributed by atoms with Crippen molar-refractivity contribution < 1.29 is 44.3 Å². The Kier molecular flexibility index (Phi) is 12.8. The number of hydrogen-bond donors (Lipinski definition) is 3. The highest BCUT2D eigenvalue weighted by Crippen LogP contribution is 2.48. The molecule has 0 saturated heterocycles. The topological polar surface area (TPSA) is 150 Å². The predicted octanol–water partition coefficient (Wildman–Crippen LogP) is 8.68. The highest BCUT2D eigenvalue weighted by atomic mass is 35.5. The summed E-state index contributed by atoms with van der Waals surface area (Å²) in [4.78, 5) is 33.9. The summed E-state index contributed by atoms with van der Waals surface area (Å²) in [6.45, 7) is -0.332. The van der Waals surface area contributed by atoms with E-state index in [9.17, 15) is 40.3 Å². The summed E-state index contributed by atoms with van der Waals surface area (Å²) in [5, 5.41) is 13.6. The number of hydrogen-bond acceptors (Lipinski definition) is 8. The third kappa shape index (κ3) is 9.15. The van der Waals surface area contributed by atoms with E-state index in [0.717, 1.165) is 33.3 Å². The molecule has 23 heteroatoms. The zero-order valence-corrected chi connectivity index (χ0v) is 35.3. The first-order chi connectivity index (χ1) is 30.2. The van der Waals surface area contributed by atoms with Crippen molar-refractivity contribution in [3.05, 3.63) is 122 Å². The molecule has 4 N–H and O–H groups in total. The Labute approximate surface area is 366 Å². The molecule has 0 fully saturated rings. The second-order valence-electron chi connectivity index (χ2n) is 14.9. The Morgan fingerprint density at radius 3 is 2.45 bits per heavy atom. The average Bonchev–Trinajstić information content (AvgIpc) is 3.90. The first-order valence-corrected chi connectivity index (χ1v) is 20.8. The first kappa shape index (κ1) is 46.0. The van der Waals surface area contributed by atoms with Crippen LogP contribution in [0.3, 0.4) is 0 Å². The van der Waals surface area contributed by atoms with Crippen LogP contribution >= 0.6 is 23.5 Å². The Balaban J connectivity index is 1.44. The molecule has 3 aromatic heterocycles. The predicted molar refractivity (Wildman–Crippen MR) is 223 cm³/mol. The van der Waals surface area contributed by atoms with Crippen molar-refractivity contribution in [3.63, 3.8) is 0 Å². The molecule has 12 nitrogen and oxygen atoms in total. The number of aromatic nitrogens is 6. The van der Waals surface area contributed by atoms with Gasteiger partial charge < -0.3 is 16.4 Å². The number of aryl methyl sites for hydroxylation is 1. The molecule has 338 valence electrons. The summed E-state index contributed by atoms with van der Waals surface area (Å²) in [6, 6.07) is 9.52. The molecule has 64 heavy (non-hydrogen) atoms. The van der Waals surface area contributed by atoms with Gasteiger partial charge in [0.25, 0.3) is 17.9 Å². The van der Waals surface area contributed by atoms with Crippen molar-refractivity contribution in [1.29, 1.82) is 0 Å². The highest BCUT2D eigenvalue weighted by Gasteiger charge is 2.51. The molecule has 0 radical (unpaired) electrons. The van der Waals surface area contributed by atoms with Crippen LogP contribution in [0.2, 0.25) is 5.02 Å². The van der Waals surface area contributed by atoms with Crippen molar-refractivity contribution in [1.82, 2.24) is 34.4 Å². The number of anilines is 1. The van der Waals surface area contributed by atoms with Gasteiger partial charge in [0.05, 0.1) is 51.0 Å². The van der Waals surface area contributed by atoms with Gasteiger partial charge in [-0.2, -0.15) is 36.5 Å². The molecule has 0 aliphatic heterocycles. The van der Waals surface area contributed by atoms with Crippen molar-refractivity contribution in [2.75, 3.05) is 18.6 Å². The smallest absolute Gasteiger partial charge is 0.386 e. The summed E-state index contributed by atoms with van der Waals surface area (Å²) in [5.41, 5.74) is 4.13. The lowest BCUT2D eigenvalue weighted by atomic mass is 10.0. The third-order valence-electron chi connectivity index (χ3n) is 10.6. The average molecular weight is 939 g/mol. The van der Waals surface area contributed by atoms with Crippen molar-refractivity contribution >= 4 is 51.9 Å². The quantitative estimate of drug-likeness (QED) is 0.0425. The van der Waals surface area contributed by atoms with E-state index in [-0.39, 0.29) is 61.3 Å². The lowest BCUT2D eigenvalue weighted by Gasteiger charge is -2.25. The Bertz CT molecular complexity index is 2840. The van der Waals surface area contributed by atoms with Crippen LogP contribution in [-0.4, -0.2) is 60.3 Å². The maximum absolute atomic E-state index is 15.5. The molecule has 0 bridgehead atoms. The number of benzene rings is 3. The van der Waals surface area contributed by atoms with Gasteiger partial charge in [-0.1, -0.05) is 24.6 Å². The van der Waals surface area contributed by atoms with Crippen LogP contribution in [-0.2, 0) is 36.6 Å². The van der Waals surface area contributed by atoms with Crippen LogP contribution < -0.4 is 21.9 Å². The molecule has 1 amide bonds. The van der Waals surface area contributed by atoms with Crippen LogP contribution in [0.25, 0.3) is 27.8 Å². The molecule has 3 heterocycles. The minimum atomic E-state index is -4.44. The van der Waals surface area contributed by atoms with Gasteiger partial charge in [0.1, 0.15) is 41.2 Å². The number of alkyl halides is 7. The van der Waals surface area contributed by atoms with E-state index in [4.69, 9.17) is 22.3 Å². The monoisotopic (exact) mass is 938 g/mol. The third-order valence-corrected chi connectivity index (χ3v) is 11.3. The number of halogens is 10. The lowest BCUT2D eigenvalue weighted by molar-refractivity contribution is -0.137. The lowest BCUT2D eigenvalue weighted by Crippen LogP contribution is -2.38. The number of amides is 1. The summed E-state index contributed by atoms with van der Waals surface area (Å²) in [6.07, 6.45) is -6.79. The van der Waals surface area contributed by atoms with Gasteiger partial charge in [0.2, 0.25) is 5.91 Å². The van der Waals surface area contributed by atoms with Gasteiger partial charge in [-0.15, -0.1) is 0 Å². The van der Waals surface area contributed by atoms with Gasteiger partial charge in [-0.05, 0) is 66.4 Å². The molecule has 1 aliphatic rings. The molecular formula is C41H36ClF9N10O2S. The zero-order chi connectivity index (χ0) is 46.4. The standard InChI is InChI=1S/C41H36ClF9N10O2S/c1-19-12-25-33(36(45)46)57-60(35(25)41(19,50)51)18-31(62)54-29(15-20-13-22(43)17-23(44)14-20)38-55-28-16-21(27-8-10-59(56-27)11-9-40(47,48)49)4-5-24(28)39(63)61(38)30-7-6-26(42)32(34(30)53-2)37(52)58-64-3/h4-8,10,13-14,16-17,19,29,36,53H,9,11-12,15,18H2,1-3H3,(H2,52,58)(H,54,62)/t19-,29?/m0/s1. The fourth-order valence-electron chi connectivity index (χ4n) is 7.71. The summed E-state index contributed by atoms with van der Waals surface area (Å²) in [7, 11) is 1.49. The second kappa shape index (κ2) is 17.9. The number of rotatable bonds is 14.